The highest BCUT2D eigenvalue weighted by molar-refractivity contribution is 7.09. The Kier molecular flexibility index (Phi) is 3.77. The Morgan fingerprint density at radius 2 is 2.10 bits per heavy atom. The number of nitrogens with two attached hydrogens (primary N) is 1. The number of aryl methyl sites for hydroxylation is 1. The second kappa shape index (κ2) is 5.57. The van der Waals surface area contributed by atoms with Crippen LogP contribution < -0.4 is 16.2 Å². The maximum Gasteiger partial charge on any atom is 0.148 e. The van der Waals surface area contributed by atoms with E-state index < -0.39 is 0 Å². The number of hydrazine groups is 1. The number of hydrogen-bond donors (Lipinski definition) is 2. The van der Waals surface area contributed by atoms with Crippen LogP contribution in [0.4, 0.5) is 11.6 Å². The van der Waals surface area contributed by atoms with Crippen LogP contribution in [0.15, 0.2) is 5.38 Å². The van der Waals surface area contributed by atoms with Gasteiger partial charge >= 0.3 is 0 Å². The Balaban J connectivity index is 1.90. The van der Waals surface area contributed by atoms with Crippen LogP contribution in [0.3, 0.4) is 0 Å². The zero-order valence-electron chi connectivity index (χ0n) is 12.6. The largest absolute Gasteiger partial charge is 0.353 e. The fourth-order valence-electron chi connectivity index (χ4n) is 2.36. The second-order valence-corrected chi connectivity index (χ2v) is 6.57. The molecule has 1 saturated carbocycles. The van der Waals surface area contributed by atoms with Crippen molar-refractivity contribution in [3.8, 4) is 0 Å². The van der Waals surface area contributed by atoms with Gasteiger partial charge in [0.25, 0.3) is 0 Å². The molecule has 21 heavy (non-hydrogen) atoms. The number of nitrogens with one attached hydrogen (secondary N) is 1. The number of aromatic nitrogens is 3. The Morgan fingerprint density at radius 1 is 1.33 bits per heavy atom. The van der Waals surface area contributed by atoms with Gasteiger partial charge in [-0.05, 0) is 26.7 Å². The van der Waals surface area contributed by atoms with Gasteiger partial charge in [-0.15, -0.1) is 11.3 Å². The van der Waals surface area contributed by atoms with Crippen LogP contribution in [0.1, 0.15) is 40.8 Å². The minimum Gasteiger partial charge on any atom is -0.353 e. The maximum absolute atomic E-state index is 5.60. The molecule has 112 valence electrons. The van der Waals surface area contributed by atoms with Crippen LogP contribution in [0, 0.1) is 13.8 Å². The first-order valence-electron chi connectivity index (χ1n) is 7.05. The van der Waals surface area contributed by atoms with Crippen molar-refractivity contribution in [1.82, 2.24) is 15.0 Å². The first-order chi connectivity index (χ1) is 10.1. The zero-order valence-corrected chi connectivity index (χ0v) is 13.4. The molecule has 1 fully saturated rings. The van der Waals surface area contributed by atoms with Crippen molar-refractivity contribution in [3.63, 3.8) is 0 Å². The van der Waals surface area contributed by atoms with E-state index in [9.17, 15) is 0 Å². The second-order valence-electron chi connectivity index (χ2n) is 5.51. The maximum atomic E-state index is 5.60. The molecule has 0 spiro atoms. The summed E-state index contributed by atoms with van der Waals surface area (Å²) in [6.45, 7) is 4.74. The number of nitrogen functional groups attached to an aromatic ring is 1. The Hall–Kier alpha value is -1.73. The van der Waals surface area contributed by atoms with Crippen LogP contribution in [0.25, 0.3) is 0 Å². The van der Waals surface area contributed by atoms with E-state index in [0.29, 0.717) is 11.7 Å². The predicted octanol–water partition coefficient (Wildman–Crippen LogP) is 2.35. The lowest BCUT2D eigenvalue weighted by Gasteiger charge is -2.21. The molecule has 1 aliphatic carbocycles. The molecule has 2 aromatic rings. The lowest BCUT2D eigenvalue weighted by Crippen LogP contribution is -2.22. The third-order valence-electron chi connectivity index (χ3n) is 3.64. The third-order valence-corrected chi connectivity index (χ3v) is 4.47. The van der Waals surface area contributed by atoms with Crippen LogP contribution in [0.2, 0.25) is 0 Å². The monoisotopic (exact) mass is 304 g/mol. The summed E-state index contributed by atoms with van der Waals surface area (Å²) in [5, 5.41) is 3.17. The van der Waals surface area contributed by atoms with Gasteiger partial charge in [-0.25, -0.2) is 20.8 Å². The smallest absolute Gasteiger partial charge is 0.148 e. The van der Waals surface area contributed by atoms with E-state index in [1.165, 1.54) is 12.8 Å². The molecule has 0 amide bonds. The first kappa shape index (κ1) is 14.2. The highest BCUT2D eigenvalue weighted by Gasteiger charge is 2.28. The van der Waals surface area contributed by atoms with Crippen molar-refractivity contribution >= 4 is 23.0 Å². The molecule has 7 heteroatoms. The molecule has 6 nitrogen and oxygen atoms in total. The van der Waals surface area contributed by atoms with Crippen molar-refractivity contribution in [1.29, 1.82) is 0 Å². The quantitative estimate of drug-likeness (QED) is 0.652. The summed E-state index contributed by atoms with van der Waals surface area (Å²) >= 11 is 1.67. The van der Waals surface area contributed by atoms with E-state index in [1.54, 1.807) is 11.3 Å². The number of rotatable bonds is 5. The molecule has 2 heterocycles. The number of nitrogens with zero attached hydrogens (tertiary/aromatic N) is 4. The summed E-state index contributed by atoms with van der Waals surface area (Å²) in [5.41, 5.74) is 4.72. The molecule has 0 aliphatic heterocycles. The molecule has 1 aliphatic rings. The van der Waals surface area contributed by atoms with Gasteiger partial charge in [-0.2, -0.15) is 0 Å². The van der Waals surface area contributed by atoms with Crippen molar-refractivity contribution in [3.05, 3.63) is 27.5 Å². The number of thiazole rings is 1. The summed E-state index contributed by atoms with van der Waals surface area (Å²) < 4.78 is 0. The van der Waals surface area contributed by atoms with E-state index in [2.05, 4.69) is 25.7 Å². The molecule has 2 aromatic heterocycles. The lowest BCUT2D eigenvalue weighted by atomic mass is 10.2. The molecular weight excluding hydrogens is 284 g/mol. The average Bonchev–Trinajstić information content (AvgIpc) is 3.23. The average molecular weight is 304 g/mol. The Labute approximate surface area is 128 Å². The summed E-state index contributed by atoms with van der Waals surface area (Å²) in [6, 6.07) is 0. The van der Waals surface area contributed by atoms with Crippen molar-refractivity contribution in [2.75, 3.05) is 17.4 Å². The van der Waals surface area contributed by atoms with E-state index in [1.807, 2.05) is 20.9 Å². The highest BCUT2D eigenvalue weighted by Crippen LogP contribution is 2.40. The van der Waals surface area contributed by atoms with Gasteiger partial charge < -0.3 is 10.3 Å². The fourth-order valence-corrected chi connectivity index (χ4v) is 2.96. The molecule has 0 aromatic carbocycles. The molecule has 3 rings (SSSR count). The Morgan fingerprint density at radius 3 is 2.67 bits per heavy atom. The zero-order chi connectivity index (χ0) is 15.0. The molecule has 0 radical (unpaired) electrons. The van der Waals surface area contributed by atoms with Crippen LogP contribution >= 0.6 is 11.3 Å². The topological polar surface area (TPSA) is 80.0 Å². The van der Waals surface area contributed by atoms with Crippen molar-refractivity contribution in [2.45, 2.75) is 39.2 Å². The van der Waals surface area contributed by atoms with Crippen LogP contribution in [-0.2, 0) is 6.54 Å². The van der Waals surface area contributed by atoms with Crippen LogP contribution in [0.5, 0.6) is 0 Å². The number of hydrogen-bond acceptors (Lipinski definition) is 7. The molecular formula is C14H20N6S. The Bertz CT molecular complexity index is 649. The molecule has 0 bridgehead atoms. The van der Waals surface area contributed by atoms with E-state index in [4.69, 9.17) is 10.8 Å². The van der Waals surface area contributed by atoms with Gasteiger partial charge in [0.2, 0.25) is 0 Å². The van der Waals surface area contributed by atoms with Crippen molar-refractivity contribution < 1.29 is 0 Å². The number of anilines is 2. The fraction of sp³-hybridized carbons (Fsp3) is 0.500. The van der Waals surface area contributed by atoms with E-state index >= 15 is 0 Å². The summed E-state index contributed by atoms with van der Waals surface area (Å²) in [4.78, 5) is 15.9. The van der Waals surface area contributed by atoms with Gasteiger partial charge in [0, 0.05) is 23.9 Å². The van der Waals surface area contributed by atoms with E-state index in [0.717, 1.165) is 34.5 Å². The van der Waals surface area contributed by atoms with Gasteiger partial charge in [-0.1, -0.05) is 0 Å². The van der Waals surface area contributed by atoms with Gasteiger partial charge in [0.05, 0.1) is 17.2 Å². The molecule has 3 N–H and O–H groups in total. The van der Waals surface area contributed by atoms with Crippen molar-refractivity contribution in [2.24, 2.45) is 5.84 Å². The summed E-state index contributed by atoms with van der Waals surface area (Å²) in [5.74, 6) is 8.61. The van der Waals surface area contributed by atoms with Gasteiger partial charge in [-0.3, -0.25) is 0 Å². The lowest BCUT2D eigenvalue weighted by molar-refractivity contribution is 0.831. The third kappa shape index (κ3) is 2.98. The normalized spacial score (nSPS) is 14.3. The highest BCUT2D eigenvalue weighted by atomic mass is 32.1. The minimum atomic E-state index is 0.492. The van der Waals surface area contributed by atoms with Gasteiger partial charge in [0.15, 0.2) is 0 Å². The SMILES string of the molecule is Cc1nc(CN(C)c2nc(C3CC3)nc(NN)c2C)cs1. The minimum absolute atomic E-state index is 0.492. The molecule has 0 saturated heterocycles. The molecule has 0 unspecified atom stereocenters. The van der Waals surface area contributed by atoms with E-state index in [-0.39, 0.29) is 0 Å². The molecule has 0 atom stereocenters. The van der Waals surface area contributed by atoms with Gasteiger partial charge in [0.1, 0.15) is 17.5 Å². The first-order valence-corrected chi connectivity index (χ1v) is 7.93. The predicted molar refractivity (Wildman–Crippen MR) is 85.5 cm³/mol. The summed E-state index contributed by atoms with van der Waals surface area (Å²) in [6.07, 6.45) is 2.34. The summed E-state index contributed by atoms with van der Waals surface area (Å²) in [7, 11) is 2.03. The standard InChI is InChI=1S/C14H20N6S/c1-8-12(19-15)17-13(10-4-5-10)18-14(8)20(3)6-11-7-21-9(2)16-11/h7,10H,4-6,15H2,1-3H3,(H,17,18,19). The van der Waals surface area contributed by atoms with Crippen LogP contribution in [-0.4, -0.2) is 22.0 Å².